The van der Waals surface area contributed by atoms with Crippen molar-refractivity contribution in [3.05, 3.63) is 22.1 Å². The number of rotatable bonds is 1. The first-order chi connectivity index (χ1) is 6.27. The van der Waals surface area contributed by atoms with Crippen LogP contribution in [0.5, 0.6) is 0 Å². The Bertz CT molecular complexity index is 507. The molecule has 6 nitrogen and oxygen atoms in total. The van der Waals surface area contributed by atoms with Gasteiger partial charge in [0.2, 0.25) is 0 Å². The Morgan fingerprint density at radius 2 is 2.00 bits per heavy atom. The molecule has 0 aliphatic rings. The van der Waals surface area contributed by atoms with Gasteiger partial charge < -0.3 is 0 Å². The third kappa shape index (κ3) is 1.33. The number of hydrogen-bond acceptors (Lipinski definition) is 4. The van der Waals surface area contributed by atoms with E-state index in [1.54, 1.807) is 6.08 Å². The second-order valence-electron chi connectivity index (χ2n) is 2.63. The molecule has 0 aliphatic heterocycles. The zero-order valence-electron chi connectivity index (χ0n) is 7.07. The Balaban J connectivity index is 2.60. The molecule has 66 valence electrons. The van der Waals surface area contributed by atoms with Crippen LogP contribution in [0.15, 0.2) is 0 Å². The Morgan fingerprint density at radius 1 is 1.23 bits per heavy atom. The highest BCUT2D eigenvalue weighted by Crippen LogP contribution is 1.96. The molecule has 2 rings (SSSR count). The Labute approximate surface area is 73.4 Å². The first-order valence-corrected chi connectivity index (χ1v) is 3.73. The van der Waals surface area contributed by atoms with Crippen LogP contribution in [0.2, 0.25) is 0 Å². The van der Waals surface area contributed by atoms with Gasteiger partial charge in [0, 0.05) is 0 Å². The summed E-state index contributed by atoms with van der Waals surface area (Å²) in [6.07, 6.45) is 1.79. The molecule has 0 aromatic carbocycles. The van der Waals surface area contributed by atoms with E-state index in [0.717, 1.165) is 11.4 Å². The van der Waals surface area contributed by atoms with Crippen molar-refractivity contribution in [2.24, 2.45) is 0 Å². The van der Waals surface area contributed by atoms with E-state index in [1.807, 2.05) is 6.92 Å². The van der Waals surface area contributed by atoms with Crippen LogP contribution in [0, 0.1) is 6.92 Å². The van der Waals surface area contributed by atoms with Crippen molar-refractivity contribution in [1.29, 1.82) is 0 Å². The van der Waals surface area contributed by atoms with Gasteiger partial charge in [-0.1, -0.05) is 17.0 Å². The fraction of sp³-hybridized carbons (Fsp3) is 0.143. The van der Waals surface area contributed by atoms with Crippen LogP contribution in [-0.2, 0) is 0 Å². The molecule has 0 aliphatic carbocycles. The van der Waals surface area contributed by atoms with Crippen molar-refractivity contribution >= 4 is 12.7 Å². The first-order valence-electron chi connectivity index (χ1n) is 3.73. The summed E-state index contributed by atoms with van der Waals surface area (Å²) in [4.78, 5) is 0. The lowest BCUT2D eigenvalue weighted by Gasteiger charge is -1.82. The molecule has 0 unspecified atom stereocenters. The summed E-state index contributed by atoms with van der Waals surface area (Å²) in [5.41, 5.74) is 1.64. The van der Waals surface area contributed by atoms with Gasteiger partial charge >= 0.3 is 0 Å². The second-order valence-corrected chi connectivity index (χ2v) is 2.63. The van der Waals surface area contributed by atoms with Crippen LogP contribution in [0.4, 0.5) is 0 Å². The Morgan fingerprint density at radius 3 is 2.54 bits per heavy atom. The molecule has 2 N–H and O–H groups in total. The van der Waals surface area contributed by atoms with Gasteiger partial charge in [-0.3, -0.25) is 10.2 Å². The molecular formula is C7H8N6. The monoisotopic (exact) mass is 176 g/mol. The molecule has 0 bridgehead atoms. The zero-order chi connectivity index (χ0) is 9.26. The zero-order valence-corrected chi connectivity index (χ0v) is 7.07. The topological polar surface area (TPSA) is 83.1 Å². The molecular weight excluding hydrogens is 168 g/mol. The highest BCUT2D eigenvalue weighted by Gasteiger charge is 1.97. The van der Waals surface area contributed by atoms with E-state index in [2.05, 4.69) is 37.4 Å². The summed E-state index contributed by atoms with van der Waals surface area (Å²) >= 11 is 0. The molecule has 2 aromatic rings. The summed E-state index contributed by atoms with van der Waals surface area (Å²) in [5.74, 6) is 0. The van der Waals surface area contributed by atoms with E-state index in [0.29, 0.717) is 10.7 Å². The number of aryl methyl sites for hydroxylation is 1. The lowest BCUT2D eigenvalue weighted by Crippen LogP contribution is -2.22. The van der Waals surface area contributed by atoms with E-state index in [4.69, 9.17) is 0 Å². The predicted octanol–water partition coefficient (Wildman–Crippen LogP) is -1.53. The molecule has 6 heteroatoms. The Kier molecular flexibility index (Phi) is 1.66. The molecule has 0 saturated carbocycles. The maximum Gasteiger partial charge on any atom is 0.114 e. The number of nitrogens with one attached hydrogen (secondary N) is 2. The van der Waals surface area contributed by atoms with Crippen molar-refractivity contribution in [2.75, 3.05) is 0 Å². The van der Waals surface area contributed by atoms with E-state index in [-0.39, 0.29) is 0 Å². The van der Waals surface area contributed by atoms with Gasteiger partial charge in [-0.05, 0) is 13.0 Å². The second kappa shape index (κ2) is 2.81. The Hall–Kier alpha value is -1.98. The van der Waals surface area contributed by atoms with Crippen LogP contribution >= 0.6 is 0 Å². The van der Waals surface area contributed by atoms with E-state index >= 15 is 0 Å². The summed E-state index contributed by atoms with van der Waals surface area (Å²) in [5, 5.41) is 21.7. The summed E-state index contributed by atoms with van der Waals surface area (Å²) in [7, 11) is 0. The highest BCUT2D eigenvalue weighted by molar-refractivity contribution is 5.44. The normalized spacial score (nSPS) is 12.2. The molecule has 0 fully saturated rings. The minimum atomic E-state index is 0.675. The largest absolute Gasteiger partial charge is 0.258 e. The molecule has 0 amide bonds. The van der Waals surface area contributed by atoms with Gasteiger partial charge in [-0.15, -0.1) is 10.2 Å². The van der Waals surface area contributed by atoms with E-state index in [1.165, 1.54) is 0 Å². The van der Waals surface area contributed by atoms with Crippen molar-refractivity contribution in [1.82, 2.24) is 30.8 Å². The summed E-state index contributed by atoms with van der Waals surface area (Å²) < 4.78 is 0. The molecule has 13 heavy (non-hydrogen) atoms. The van der Waals surface area contributed by atoms with Crippen LogP contribution in [0.1, 0.15) is 11.4 Å². The van der Waals surface area contributed by atoms with Crippen LogP contribution in [0.25, 0.3) is 12.7 Å². The number of hydrogen-bond donors (Lipinski definition) is 2. The third-order valence-electron chi connectivity index (χ3n) is 1.69. The highest BCUT2D eigenvalue weighted by atomic mass is 15.3. The van der Waals surface area contributed by atoms with Gasteiger partial charge in [0.05, 0.1) is 16.7 Å². The fourth-order valence-electron chi connectivity index (χ4n) is 0.935. The average Bonchev–Trinajstić information content (AvgIpc) is 2.65. The van der Waals surface area contributed by atoms with Gasteiger partial charge in [0.15, 0.2) is 0 Å². The molecule has 2 aromatic heterocycles. The van der Waals surface area contributed by atoms with Crippen molar-refractivity contribution < 1.29 is 0 Å². The fourth-order valence-corrected chi connectivity index (χ4v) is 0.935. The standard InChI is InChI=1S/C7H8N6/c1-4-6(10-12-8-4)3-7-5(2)9-13-11-7/h3H,1H2,2H3,(H,8,10)(H,9,11,13)/b6-3+. The first kappa shape index (κ1) is 7.66. The van der Waals surface area contributed by atoms with E-state index < -0.39 is 0 Å². The average molecular weight is 176 g/mol. The molecule has 0 saturated heterocycles. The van der Waals surface area contributed by atoms with Gasteiger partial charge in [0.1, 0.15) is 5.35 Å². The van der Waals surface area contributed by atoms with Crippen LogP contribution in [-0.4, -0.2) is 30.8 Å². The smallest absolute Gasteiger partial charge is 0.114 e. The number of H-pyrrole nitrogens is 2. The molecule has 0 spiro atoms. The number of nitrogens with zero attached hydrogens (tertiary/aromatic N) is 4. The SMILES string of the molecule is C=c1[nH]nn/c1=C/c1[nH]nnc1C. The lowest BCUT2D eigenvalue weighted by atomic mass is 10.3. The number of aromatic nitrogens is 6. The minimum absolute atomic E-state index is 0.675. The van der Waals surface area contributed by atoms with Crippen molar-refractivity contribution in [3.63, 3.8) is 0 Å². The van der Waals surface area contributed by atoms with Gasteiger partial charge in [0.25, 0.3) is 0 Å². The van der Waals surface area contributed by atoms with Crippen molar-refractivity contribution in [2.45, 2.75) is 6.92 Å². The molecule has 2 heterocycles. The van der Waals surface area contributed by atoms with Crippen molar-refractivity contribution in [3.8, 4) is 0 Å². The maximum atomic E-state index is 3.83. The summed E-state index contributed by atoms with van der Waals surface area (Å²) in [6.45, 7) is 5.58. The predicted molar refractivity (Wildman–Crippen MR) is 45.8 cm³/mol. The molecule has 0 radical (unpaired) electrons. The lowest BCUT2D eigenvalue weighted by molar-refractivity contribution is 0.922. The summed E-state index contributed by atoms with van der Waals surface area (Å²) in [6, 6.07) is 0. The number of aromatic amines is 2. The quantitative estimate of drug-likeness (QED) is 0.552. The minimum Gasteiger partial charge on any atom is -0.258 e. The molecule has 0 atom stereocenters. The maximum absolute atomic E-state index is 3.83. The van der Waals surface area contributed by atoms with Crippen LogP contribution in [0.3, 0.4) is 0 Å². The van der Waals surface area contributed by atoms with Crippen LogP contribution < -0.4 is 10.7 Å². The van der Waals surface area contributed by atoms with Gasteiger partial charge in [-0.2, -0.15) is 0 Å². The third-order valence-corrected chi connectivity index (χ3v) is 1.69. The van der Waals surface area contributed by atoms with Gasteiger partial charge in [-0.25, -0.2) is 0 Å². The van der Waals surface area contributed by atoms with E-state index in [9.17, 15) is 0 Å².